The van der Waals surface area contributed by atoms with Crippen molar-refractivity contribution in [3.05, 3.63) is 47.1 Å². The van der Waals surface area contributed by atoms with E-state index in [2.05, 4.69) is 15.3 Å². The van der Waals surface area contributed by atoms with Crippen molar-refractivity contribution < 1.29 is 14.0 Å². The molecule has 3 rings (SSSR count). The number of piperazine rings is 1. The second-order valence-corrected chi connectivity index (χ2v) is 6.25. The van der Waals surface area contributed by atoms with Gasteiger partial charge in [0.1, 0.15) is 23.7 Å². The molecule has 2 aromatic rings. The van der Waals surface area contributed by atoms with Gasteiger partial charge in [-0.15, -0.1) is 0 Å². The Kier molecular flexibility index (Phi) is 5.32. The number of anilines is 2. The zero-order valence-corrected chi connectivity index (χ0v) is 14.8. The summed E-state index contributed by atoms with van der Waals surface area (Å²) in [4.78, 5) is 35.4. The maximum absolute atomic E-state index is 13.2. The SMILES string of the molecule is CC(=O)N1CCN(C(=O)c2cc(Nc3ccc(F)c(Cl)c3)ncn2)CC1. The molecule has 26 heavy (non-hydrogen) atoms. The summed E-state index contributed by atoms with van der Waals surface area (Å²) in [6.07, 6.45) is 1.28. The van der Waals surface area contributed by atoms with E-state index in [-0.39, 0.29) is 22.5 Å². The lowest BCUT2D eigenvalue weighted by Gasteiger charge is -2.34. The van der Waals surface area contributed by atoms with E-state index in [1.807, 2.05) is 0 Å². The Bertz CT molecular complexity index is 840. The smallest absolute Gasteiger partial charge is 0.272 e. The Morgan fingerprint density at radius 1 is 1.12 bits per heavy atom. The summed E-state index contributed by atoms with van der Waals surface area (Å²) < 4.78 is 13.2. The van der Waals surface area contributed by atoms with Crippen molar-refractivity contribution in [2.24, 2.45) is 0 Å². The Hall–Kier alpha value is -2.74. The average Bonchev–Trinajstić information content (AvgIpc) is 2.64. The van der Waals surface area contributed by atoms with Gasteiger partial charge in [0.15, 0.2) is 0 Å². The van der Waals surface area contributed by atoms with Gasteiger partial charge >= 0.3 is 0 Å². The number of hydrogen-bond donors (Lipinski definition) is 1. The molecule has 7 nitrogen and oxygen atoms in total. The molecule has 0 unspecified atom stereocenters. The molecule has 1 aromatic heterocycles. The predicted octanol–water partition coefficient (Wildman–Crippen LogP) is 2.32. The average molecular weight is 378 g/mol. The minimum Gasteiger partial charge on any atom is -0.340 e. The maximum atomic E-state index is 13.2. The van der Waals surface area contributed by atoms with Crippen molar-refractivity contribution in [2.45, 2.75) is 6.92 Å². The highest BCUT2D eigenvalue weighted by molar-refractivity contribution is 6.31. The molecule has 0 bridgehead atoms. The van der Waals surface area contributed by atoms with Crippen molar-refractivity contribution in [3.63, 3.8) is 0 Å². The molecule has 1 aliphatic heterocycles. The standard InChI is InChI=1S/C17H17ClFN5O2/c1-11(25)23-4-6-24(7-5-23)17(26)15-9-16(21-10-20-15)22-12-2-3-14(19)13(18)8-12/h2-3,8-10H,4-7H2,1H3,(H,20,21,22). The maximum Gasteiger partial charge on any atom is 0.272 e. The molecule has 9 heteroatoms. The van der Waals surface area contributed by atoms with Gasteiger partial charge in [-0.25, -0.2) is 14.4 Å². The Morgan fingerprint density at radius 2 is 1.81 bits per heavy atom. The number of nitrogens with one attached hydrogen (secondary N) is 1. The molecule has 0 spiro atoms. The molecule has 1 aromatic carbocycles. The van der Waals surface area contributed by atoms with Gasteiger partial charge in [-0.1, -0.05) is 11.6 Å². The van der Waals surface area contributed by atoms with Crippen molar-refractivity contribution in [2.75, 3.05) is 31.5 Å². The minimum atomic E-state index is -0.513. The van der Waals surface area contributed by atoms with Gasteiger partial charge < -0.3 is 15.1 Å². The van der Waals surface area contributed by atoms with Gasteiger partial charge in [0.2, 0.25) is 5.91 Å². The third kappa shape index (κ3) is 4.08. The highest BCUT2D eigenvalue weighted by atomic mass is 35.5. The molecule has 0 atom stereocenters. The molecule has 2 heterocycles. The lowest BCUT2D eigenvalue weighted by atomic mass is 10.2. The molecule has 1 N–H and O–H groups in total. The topological polar surface area (TPSA) is 78.4 Å². The number of aromatic nitrogens is 2. The van der Waals surface area contributed by atoms with Gasteiger partial charge in [-0.2, -0.15) is 0 Å². The van der Waals surface area contributed by atoms with Crippen LogP contribution in [0.15, 0.2) is 30.6 Å². The molecule has 136 valence electrons. The van der Waals surface area contributed by atoms with Gasteiger partial charge in [0, 0.05) is 44.9 Å². The van der Waals surface area contributed by atoms with Crippen LogP contribution in [0.4, 0.5) is 15.9 Å². The number of hydrogen-bond acceptors (Lipinski definition) is 5. The number of nitrogens with zero attached hydrogens (tertiary/aromatic N) is 4. The lowest BCUT2D eigenvalue weighted by molar-refractivity contribution is -0.130. The first-order valence-electron chi connectivity index (χ1n) is 8.03. The zero-order valence-electron chi connectivity index (χ0n) is 14.1. The van der Waals surface area contributed by atoms with E-state index in [0.717, 1.165) is 0 Å². The first-order valence-corrected chi connectivity index (χ1v) is 8.41. The third-order valence-corrected chi connectivity index (χ3v) is 4.38. The number of carbonyl (C=O) groups excluding carboxylic acids is 2. The number of carbonyl (C=O) groups is 2. The van der Waals surface area contributed by atoms with Crippen LogP contribution in [0, 0.1) is 5.82 Å². The van der Waals surface area contributed by atoms with Crippen LogP contribution in [-0.2, 0) is 4.79 Å². The fourth-order valence-electron chi connectivity index (χ4n) is 2.65. The first kappa shape index (κ1) is 18.1. The van der Waals surface area contributed by atoms with E-state index < -0.39 is 5.82 Å². The van der Waals surface area contributed by atoms with Crippen LogP contribution in [0.1, 0.15) is 17.4 Å². The summed E-state index contributed by atoms with van der Waals surface area (Å²) in [6, 6.07) is 5.72. The highest BCUT2D eigenvalue weighted by Gasteiger charge is 2.24. The fourth-order valence-corrected chi connectivity index (χ4v) is 2.83. The summed E-state index contributed by atoms with van der Waals surface area (Å²) >= 11 is 5.76. The molecule has 0 saturated carbocycles. The van der Waals surface area contributed by atoms with Gasteiger partial charge in [0.25, 0.3) is 5.91 Å². The normalized spacial score (nSPS) is 14.3. The van der Waals surface area contributed by atoms with Crippen LogP contribution in [0.3, 0.4) is 0 Å². The van der Waals surface area contributed by atoms with Crippen LogP contribution < -0.4 is 5.32 Å². The first-order chi connectivity index (χ1) is 12.4. The molecule has 1 aliphatic rings. The number of rotatable bonds is 3. The number of benzene rings is 1. The van der Waals surface area contributed by atoms with E-state index in [1.54, 1.807) is 9.80 Å². The number of halogens is 2. The Morgan fingerprint density at radius 3 is 2.46 bits per heavy atom. The Labute approximate surface area is 154 Å². The molecular weight excluding hydrogens is 361 g/mol. The summed E-state index contributed by atoms with van der Waals surface area (Å²) in [5.41, 5.74) is 0.788. The minimum absolute atomic E-state index is 0.00331. The quantitative estimate of drug-likeness (QED) is 0.888. The fraction of sp³-hybridized carbons (Fsp3) is 0.294. The summed E-state index contributed by atoms with van der Waals surface area (Å²) in [6.45, 7) is 3.44. The number of amides is 2. The van der Waals surface area contributed by atoms with Crippen LogP contribution in [0.5, 0.6) is 0 Å². The molecule has 0 aliphatic carbocycles. The summed E-state index contributed by atoms with van der Waals surface area (Å²) in [7, 11) is 0. The van der Waals surface area contributed by atoms with Crippen LogP contribution in [0.2, 0.25) is 5.02 Å². The zero-order chi connectivity index (χ0) is 18.7. The predicted molar refractivity (Wildman–Crippen MR) is 94.9 cm³/mol. The van der Waals surface area contributed by atoms with Crippen molar-refractivity contribution in [3.8, 4) is 0 Å². The molecule has 1 saturated heterocycles. The van der Waals surface area contributed by atoms with Crippen LogP contribution in [0.25, 0.3) is 0 Å². The molecular formula is C17H17ClFN5O2. The molecule has 0 radical (unpaired) electrons. The van der Waals surface area contributed by atoms with E-state index >= 15 is 0 Å². The monoisotopic (exact) mass is 377 g/mol. The van der Waals surface area contributed by atoms with Crippen molar-refractivity contribution in [1.29, 1.82) is 0 Å². The van der Waals surface area contributed by atoms with Gasteiger partial charge in [-0.3, -0.25) is 9.59 Å². The van der Waals surface area contributed by atoms with Gasteiger partial charge in [0.05, 0.1) is 5.02 Å². The van der Waals surface area contributed by atoms with Crippen LogP contribution >= 0.6 is 11.6 Å². The Balaban J connectivity index is 1.69. The van der Waals surface area contributed by atoms with E-state index in [0.29, 0.717) is 37.7 Å². The summed E-state index contributed by atoms with van der Waals surface area (Å²) in [5.74, 6) is -0.340. The van der Waals surface area contributed by atoms with Crippen molar-refractivity contribution in [1.82, 2.24) is 19.8 Å². The third-order valence-electron chi connectivity index (χ3n) is 4.09. The van der Waals surface area contributed by atoms with Crippen LogP contribution in [-0.4, -0.2) is 57.8 Å². The van der Waals surface area contributed by atoms with Crippen molar-refractivity contribution >= 4 is 34.9 Å². The van der Waals surface area contributed by atoms with Gasteiger partial charge in [-0.05, 0) is 18.2 Å². The highest BCUT2D eigenvalue weighted by Crippen LogP contribution is 2.22. The largest absolute Gasteiger partial charge is 0.340 e. The van der Waals surface area contributed by atoms with E-state index in [4.69, 9.17) is 11.6 Å². The summed E-state index contributed by atoms with van der Waals surface area (Å²) in [5, 5.41) is 2.96. The second kappa shape index (κ2) is 7.65. The lowest BCUT2D eigenvalue weighted by Crippen LogP contribution is -2.50. The molecule has 2 amide bonds. The second-order valence-electron chi connectivity index (χ2n) is 5.84. The molecule has 1 fully saturated rings. The van der Waals surface area contributed by atoms with E-state index in [9.17, 15) is 14.0 Å². The van der Waals surface area contributed by atoms with E-state index in [1.165, 1.54) is 37.5 Å².